The maximum atomic E-state index is 14.1. The first-order valence-corrected chi connectivity index (χ1v) is 10.8. The molecular weight excluding hydrogens is 427 g/mol. The van der Waals surface area contributed by atoms with Crippen molar-refractivity contribution < 1.29 is 26.8 Å². The number of benzene rings is 1. The van der Waals surface area contributed by atoms with Gasteiger partial charge in [0, 0.05) is 0 Å². The Hall–Kier alpha value is -1.86. The summed E-state index contributed by atoms with van der Waals surface area (Å²) in [6.07, 6.45) is 0. The molecule has 0 bridgehead atoms. The lowest BCUT2D eigenvalue weighted by Gasteiger charge is -2.21. The monoisotopic (exact) mass is 445 g/mol. The molecule has 156 valence electrons. The maximum absolute atomic E-state index is 14.1. The van der Waals surface area contributed by atoms with E-state index in [2.05, 4.69) is 4.98 Å². The van der Waals surface area contributed by atoms with Gasteiger partial charge in [-0.15, -0.1) is 0 Å². The Labute approximate surface area is 170 Å². The van der Waals surface area contributed by atoms with Crippen LogP contribution in [0, 0.1) is 13.8 Å². The third-order valence-electron chi connectivity index (χ3n) is 4.42. The van der Waals surface area contributed by atoms with E-state index in [0.29, 0.717) is 0 Å². The average molecular weight is 446 g/mol. The average Bonchev–Trinajstić information content (AvgIpc) is 2.62. The minimum atomic E-state index is -4.22. The molecule has 0 aliphatic carbocycles. The highest BCUT2D eigenvalue weighted by Crippen LogP contribution is 2.50. The lowest BCUT2D eigenvalue weighted by Crippen LogP contribution is -2.25. The number of fused-ring (bicyclic) bond motifs is 2. The van der Waals surface area contributed by atoms with Crippen molar-refractivity contribution in [1.29, 1.82) is 0 Å². The van der Waals surface area contributed by atoms with Gasteiger partial charge < -0.3 is 13.5 Å². The molecule has 0 fully saturated rings. The first-order valence-electron chi connectivity index (χ1n) is 8.87. The number of rotatable bonds is 6. The molecule has 0 atom stereocenters. The van der Waals surface area contributed by atoms with Crippen LogP contribution in [-0.2, 0) is 19.0 Å². The molecule has 3 aromatic rings. The lowest BCUT2D eigenvalue weighted by atomic mass is 10.1. The number of aromatic nitrogens is 1. The van der Waals surface area contributed by atoms with Gasteiger partial charge in [0.25, 0.3) is 0 Å². The highest BCUT2D eigenvalue weighted by atomic mass is 35.5. The van der Waals surface area contributed by atoms with Crippen LogP contribution in [0.2, 0.25) is 0 Å². The second kappa shape index (κ2) is 7.76. The van der Waals surface area contributed by atoms with E-state index in [1.54, 1.807) is 12.1 Å². The fourth-order valence-electron chi connectivity index (χ4n) is 2.96. The van der Waals surface area contributed by atoms with Crippen molar-refractivity contribution in [3.63, 3.8) is 0 Å². The van der Waals surface area contributed by atoms with Crippen LogP contribution in [0.3, 0.4) is 0 Å². The van der Waals surface area contributed by atoms with Gasteiger partial charge in [0.1, 0.15) is 11.3 Å². The Bertz CT molecular complexity index is 1200. The molecule has 2 aromatic heterocycles. The third kappa shape index (κ3) is 3.94. The van der Waals surface area contributed by atoms with E-state index >= 15 is 0 Å². The van der Waals surface area contributed by atoms with Gasteiger partial charge in [-0.3, -0.25) is 9.36 Å². The van der Waals surface area contributed by atoms with Crippen LogP contribution < -0.4 is 10.7 Å². The number of pyridine rings is 1. The van der Waals surface area contributed by atoms with Gasteiger partial charge in [0.2, 0.25) is 11.1 Å². The van der Waals surface area contributed by atoms with E-state index in [0.717, 1.165) is 17.2 Å². The van der Waals surface area contributed by atoms with Gasteiger partial charge in [0.05, 0.1) is 29.3 Å². The predicted octanol–water partition coefficient (Wildman–Crippen LogP) is 5.14. The van der Waals surface area contributed by atoms with Crippen molar-refractivity contribution in [2.45, 2.75) is 33.1 Å². The molecule has 0 N–H and O–H groups in total. The van der Waals surface area contributed by atoms with Crippen LogP contribution in [0.1, 0.15) is 30.7 Å². The molecule has 29 heavy (non-hydrogen) atoms. The number of halogens is 3. The van der Waals surface area contributed by atoms with Crippen LogP contribution >= 0.6 is 19.2 Å². The zero-order valence-corrected chi connectivity index (χ0v) is 17.9. The molecule has 10 heteroatoms. The van der Waals surface area contributed by atoms with E-state index in [-0.39, 0.29) is 35.3 Å². The fourth-order valence-corrected chi connectivity index (χ4v) is 4.94. The highest BCUT2D eigenvalue weighted by molar-refractivity contribution is 7.62. The normalized spacial score (nSPS) is 12.8. The van der Waals surface area contributed by atoms with E-state index in [1.165, 1.54) is 13.8 Å². The predicted molar refractivity (Wildman–Crippen MR) is 107 cm³/mol. The first kappa shape index (κ1) is 21.8. The van der Waals surface area contributed by atoms with Gasteiger partial charge in [-0.05, 0) is 68.6 Å². The second-order valence-electron chi connectivity index (χ2n) is 6.40. The smallest absolute Gasteiger partial charge is 0.365 e. The topological polar surface area (TPSA) is 78.6 Å². The van der Waals surface area contributed by atoms with E-state index < -0.39 is 29.4 Å². The molecule has 3 rings (SSSR count). The van der Waals surface area contributed by atoms with Crippen molar-refractivity contribution in [3.05, 3.63) is 45.2 Å². The zero-order valence-electron chi connectivity index (χ0n) is 16.2. The second-order valence-corrected chi connectivity index (χ2v) is 8.87. The number of nitrogens with zero attached hydrogens (tertiary/aromatic N) is 1. The van der Waals surface area contributed by atoms with E-state index in [9.17, 15) is 18.1 Å². The van der Waals surface area contributed by atoms with Crippen LogP contribution in [0.5, 0.6) is 0 Å². The van der Waals surface area contributed by atoms with Crippen molar-refractivity contribution in [1.82, 2.24) is 4.98 Å². The Balaban J connectivity index is 2.46. The number of aryl methyl sites for hydroxylation is 2. The summed E-state index contributed by atoms with van der Waals surface area (Å²) in [6, 6.07) is 4.29. The van der Waals surface area contributed by atoms with Crippen molar-refractivity contribution >= 4 is 46.6 Å². The molecule has 0 amide bonds. The van der Waals surface area contributed by atoms with Crippen molar-refractivity contribution in [3.8, 4) is 0 Å². The van der Waals surface area contributed by atoms with E-state index in [4.69, 9.17) is 25.1 Å². The number of alkyl halides is 3. The third-order valence-corrected chi connectivity index (χ3v) is 6.73. The summed E-state index contributed by atoms with van der Waals surface area (Å²) < 4.78 is 57.4. The Morgan fingerprint density at radius 1 is 1.10 bits per heavy atom. The standard InChI is InChI=1S/C19H19ClF2NO5P/c1-5-26-29(25,27-6-2)15-9-13-16(24)12-7-10(3)11(4)8-14(12)28-18(13)23-17(15)19(20,21)22/h7-9H,5-6H2,1-4H3. The zero-order chi connectivity index (χ0) is 21.6. The summed E-state index contributed by atoms with van der Waals surface area (Å²) in [5.74, 6) is 0. The Kier molecular flexibility index (Phi) is 5.84. The molecular formula is C19H19ClF2NO5P. The Morgan fingerprint density at radius 2 is 1.69 bits per heavy atom. The lowest BCUT2D eigenvalue weighted by molar-refractivity contribution is 0.0907. The summed E-state index contributed by atoms with van der Waals surface area (Å²) in [5, 5.41) is -4.44. The van der Waals surface area contributed by atoms with Crippen LogP contribution in [0.4, 0.5) is 8.78 Å². The quantitative estimate of drug-likeness (QED) is 0.297. The minimum Gasteiger partial charge on any atom is -0.437 e. The van der Waals surface area contributed by atoms with Crippen molar-refractivity contribution in [2.24, 2.45) is 0 Å². The van der Waals surface area contributed by atoms with Crippen LogP contribution in [-0.4, -0.2) is 18.2 Å². The van der Waals surface area contributed by atoms with Gasteiger partial charge in [-0.25, -0.2) is 4.98 Å². The molecule has 0 aliphatic heterocycles. The molecule has 0 saturated heterocycles. The summed E-state index contributed by atoms with van der Waals surface area (Å²) in [7, 11) is -4.22. The minimum absolute atomic E-state index is 0.0760. The van der Waals surface area contributed by atoms with Gasteiger partial charge >= 0.3 is 13.0 Å². The largest absolute Gasteiger partial charge is 0.437 e. The number of hydrogen-bond donors (Lipinski definition) is 0. The molecule has 0 aliphatic rings. The van der Waals surface area contributed by atoms with Crippen LogP contribution in [0.25, 0.3) is 22.1 Å². The maximum Gasteiger partial charge on any atom is 0.365 e. The van der Waals surface area contributed by atoms with Crippen LogP contribution in [0.15, 0.2) is 27.4 Å². The van der Waals surface area contributed by atoms with Gasteiger partial charge in [-0.1, -0.05) is 0 Å². The van der Waals surface area contributed by atoms with Crippen molar-refractivity contribution in [2.75, 3.05) is 13.2 Å². The molecule has 0 radical (unpaired) electrons. The SMILES string of the molecule is CCOP(=O)(OCC)c1cc2c(=O)c3cc(C)c(C)cc3oc2nc1C(F)(F)Cl. The number of hydrogen-bond acceptors (Lipinski definition) is 6. The molecule has 1 aromatic carbocycles. The van der Waals surface area contributed by atoms with E-state index in [1.807, 2.05) is 13.8 Å². The molecule has 0 spiro atoms. The summed E-state index contributed by atoms with van der Waals surface area (Å²) in [5.41, 5.74) is 0.0365. The summed E-state index contributed by atoms with van der Waals surface area (Å²) in [4.78, 5) is 16.8. The van der Waals surface area contributed by atoms with Gasteiger partial charge in [0.15, 0.2) is 0 Å². The summed E-state index contributed by atoms with van der Waals surface area (Å²) in [6.45, 7) is 6.57. The first-order chi connectivity index (χ1) is 13.5. The van der Waals surface area contributed by atoms with Gasteiger partial charge in [-0.2, -0.15) is 8.78 Å². The molecule has 0 unspecified atom stereocenters. The highest BCUT2D eigenvalue weighted by Gasteiger charge is 2.42. The molecule has 6 nitrogen and oxygen atoms in total. The Morgan fingerprint density at radius 3 is 2.24 bits per heavy atom. The molecule has 0 saturated carbocycles. The molecule has 2 heterocycles. The summed E-state index contributed by atoms with van der Waals surface area (Å²) >= 11 is 5.23. The fraction of sp³-hybridized carbons (Fsp3) is 0.368.